The number of hydrogen-bond donors (Lipinski definition) is 1. The lowest BCUT2D eigenvalue weighted by Crippen LogP contribution is -2.23. The van der Waals surface area contributed by atoms with E-state index in [1.165, 1.54) is 12.1 Å². The summed E-state index contributed by atoms with van der Waals surface area (Å²) in [5, 5.41) is 0. The van der Waals surface area contributed by atoms with Gasteiger partial charge >= 0.3 is 0 Å². The first-order chi connectivity index (χ1) is 6.53. The smallest absolute Gasteiger partial charge is 0.123 e. The molecule has 0 saturated carbocycles. The van der Waals surface area contributed by atoms with Gasteiger partial charge in [-0.15, -0.1) is 0 Å². The van der Waals surface area contributed by atoms with Crippen LogP contribution in [-0.2, 0) is 0 Å². The number of benzene rings is 1. The fraction of sp³-hybridized carbons (Fsp3) is 0.455. The van der Waals surface area contributed by atoms with Crippen LogP contribution in [0.3, 0.4) is 0 Å². The SMILES string of the molecule is CC(C)(CS)COc1ccc(F)cc1. The summed E-state index contributed by atoms with van der Waals surface area (Å²) < 4.78 is 18.1. The van der Waals surface area contributed by atoms with Gasteiger partial charge in [-0.05, 0) is 30.0 Å². The van der Waals surface area contributed by atoms with Crippen LogP contribution in [0.5, 0.6) is 5.75 Å². The van der Waals surface area contributed by atoms with E-state index in [9.17, 15) is 4.39 Å². The molecule has 0 aliphatic heterocycles. The molecule has 0 fully saturated rings. The van der Waals surface area contributed by atoms with E-state index in [0.717, 1.165) is 5.75 Å². The summed E-state index contributed by atoms with van der Waals surface area (Å²) >= 11 is 4.22. The zero-order valence-electron chi connectivity index (χ0n) is 8.46. The molecule has 0 aromatic heterocycles. The standard InChI is InChI=1S/C11H15FOS/c1-11(2,8-14)7-13-10-5-3-9(12)4-6-10/h3-6,14H,7-8H2,1-2H3. The van der Waals surface area contributed by atoms with Crippen LogP contribution in [0.15, 0.2) is 24.3 Å². The van der Waals surface area contributed by atoms with E-state index >= 15 is 0 Å². The second kappa shape index (κ2) is 4.69. The van der Waals surface area contributed by atoms with E-state index in [4.69, 9.17) is 4.74 Å². The van der Waals surface area contributed by atoms with Crippen molar-refractivity contribution < 1.29 is 9.13 Å². The highest BCUT2D eigenvalue weighted by atomic mass is 32.1. The van der Waals surface area contributed by atoms with Crippen molar-refractivity contribution in [3.8, 4) is 5.75 Å². The van der Waals surface area contributed by atoms with Crippen LogP contribution in [-0.4, -0.2) is 12.4 Å². The third-order valence-electron chi connectivity index (χ3n) is 1.87. The van der Waals surface area contributed by atoms with E-state index < -0.39 is 0 Å². The van der Waals surface area contributed by atoms with Crippen molar-refractivity contribution in [3.05, 3.63) is 30.1 Å². The fourth-order valence-electron chi connectivity index (χ4n) is 0.855. The molecule has 0 saturated heterocycles. The molecule has 0 amide bonds. The fourth-order valence-corrected chi connectivity index (χ4v) is 0.946. The third-order valence-corrected chi connectivity index (χ3v) is 2.73. The lowest BCUT2D eigenvalue weighted by atomic mass is 9.98. The Labute approximate surface area is 89.7 Å². The van der Waals surface area contributed by atoms with Crippen LogP contribution in [0.25, 0.3) is 0 Å². The maximum absolute atomic E-state index is 12.6. The molecule has 3 heteroatoms. The lowest BCUT2D eigenvalue weighted by Gasteiger charge is -2.22. The van der Waals surface area contributed by atoms with Crippen molar-refractivity contribution in [3.63, 3.8) is 0 Å². The second-order valence-electron chi connectivity index (χ2n) is 4.06. The molecule has 0 radical (unpaired) electrons. The van der Waals surface area contributed by atoms with Gasteiger partial charge in [0.05, 0.1) is 6.61 Å². The summed E-state index contributed by atoms with van der Waals surface area (Å²) in [6.45, 7) is 4.73. The zero-order chi connectivity index (χ0) is 10.6. The van der Waals surface area contributed by atoms with Crippen molar-refractivity contribution in [2.75, 3.05) is 12.4 Å². The van der Waals surface area contributed by atoms with Gasteiger partial charge in [-0.2, -0.15) is 12.6 Å². The van der Waals surface area contributed by atoms with Crippen molar-refractivity contribution in [2.24, 2.45) is 5.41 Å². The molecule has 0 atom stereocenters. The minimum Gasteiger partial charge on any atom is -0.493 e. The molecule has 1 nitrogen and oxygen atoms in total. The average Bonchev–Trinajstić information content (AvgIpc) is 2.17. The van der Waals surface area contributed by atoms with Gasteiger partial charge in [0, 0.05) is 5.41 Å². The van der Waals surface area contributed by atoms with E-state index in [2.05, 4.69) is 26.5 Å². The van der Waals surface area contributed by atoms with Crippen LogP contribution in [0.4, 0.5) is 4.39 Å². The summed E-state index contributed by atoms with van der Waals surface area (Å²) in [6.07, 6.45) is 0. The van der Waals surface area contributed by atoms with Gasteiger partial charge in [-0.1, -0.05) is 13.8 Å². The molecule has 0 bridgehead atoms. The summed E-state index contributed by atoms with van der Waals surface area (Å²) in [6, 6.07) is 6.04. The summed E-state index contributed by atoms with van der Waals surface area (Å²) in [5.41, 5.74) is 0.0392. The Bertz CT molecular complexity index is 282. The zero-order valence-corrected chi connectivity index (χ0v) is 9.35. The van der Waals surface area contributed by atoms with Crippen LogP contribution >= 0.6 is 12.6 Å². The largest absolute Gasteiger partial charge is 0.493 e. The number of hydrogen-bond acceptors (Lipinski definition) is 2. The lowest BCUT2D eigenvalue weighted by molar-refractivity contribution is 0.202. The Morgan fingerprint density at radius 1 is 1.29 bits per heavy atom. The van der Waals surface area contributed by atoms with Crippen molar-refractivity contribution in [1.82, 2.24) is 0 Å². The highest BCUT2D eigenvalue weighted by Gasteiger charge is 2.16. The van der Waals surface area contributed by atoms with Gasteiger partial charge < -0.3 is 4.74 Å². The van der Waals surface area contributed by atoms with Gasteiger partial charge in [0.1, 0.15) is 11.6 Å². The van der Waals surface area contributed by atoms with Crippen LogP contribution in [0.2, 0.25) is 0 Å². The van der Waals surface area contributed by atoms with Crippen molar-refractivity contribution in [2.45, 2.75) is 13.8 Å². The van der Waals surface area contributed by atoms with Gasteiger partial charge in [0.2, 0.25) is 0 Å². The Kier molecular flexibility index (Phi) is 3.81. The summed E-state index contributed by atoms with van der Waals surface area (Å²) in [5.74, 6) is 1.21. The van der Waals surface area contributed by atoms with Crippen molar-refractivity contribution >= 4 is 12.6 Å². The van der Waals surface area contributed by atoms with Gasteiger partial charge in [-0.25, -0.2) is 4.39 Å². The molecule has 0 N–H and O–H groups in total. The van der Waals surface area contributed by atoms with E-state index in [0.29, 0.717) is 12.4 Å². The monoisotopic (exact) mass is 214 g/mol. The first-order valence-electron chi connectivity index (χ1n) is 4.53. The first-order valence-corrected chi connectivity index (χ1v) is 5.16. The highest BCUT2D eigenvalue weighted by Crippen LogP contribution is 2.19. The quantitative estimate of drug-likeness (QED) is 0.757. The topological polar surface area (TPSA) is 9.23 Å². The number of halogens is 1. The Balaban J connectivity index is 2.50. The van der Waals surface area contributed by atoms with E-state index in [1.807, 2.05) is 0 Å². The number of rotatable bonds is 4. The van der Waals surface area contributed by atoms with E-state index in [1.54, 1.807) is 12.1 Å². The molecule has 0 heterocycles. The minimum absolute atomic E-state index is 0.0392. The third kappa shape index (κ3) is 3.58. The van der Waals surface area contributed by atoms with Crippen LogP contribution in [0.1, 0.15) is 13.8 Å². The van der Waals surface area contributed by atoms with Crippen LogP contribution in [0, 0.1) is 11.2 Å². The Hall–Kier alpha value is -0.700. The molecule has 1 rings (SSSR count). The first kappa shape index (κ1) is 11.4. The van der Waals surface area contributed by atoms with Gasteiger partial charge in [-0.3, -0.25) is 0 Å². The van der Waals surface area contributed by atoms with Gasteiger partial charge in [0.15, 0.2) is 0 Å². The highest BCUT2D eigenvalue weighted by molar-refractivity contribution is 7.80. The number of ether oxygens (including phenoxy) is 1. The van der Waals surface area contributed by atoms with Crippen molar-refractivity contribution in [1.29, 1.82) is 0 Å². The summed E-state index contributed by atoms with van der Waals surface area (Å²) in [4.78, 5) is 0. The normalized spacial score (nSPS) is 11.4. The second-order valence-corrected chi connectivity index (χ2v) is 4.38. The minimum atomic E-state index is -0.245. The molecule has 0 aliphatic carbocycles. The molecule has 0 spiro atoms. The predicted molar refractivity (Wildman–Crippen MR) is 59.5 cm³/mol. The molecule has 0 unspecified atom stereocenters. The van der Waals surface area contributed by atoms with Crippen LogP contribution < -0.4 is 4.74 Å². The average molecular weight is 214 g/mol. The Morgan fingerprint density at radius 3 is 2.36 bits per heavy atom. The predicted octanol–water partition coefficient (Wildman–Crippen LogP) is 3.16. The molecule has 1 aromatic carbocycles. The maximum Gasteiger partial charge on any atom is 0.123 e. The molecular formula is C11H15FOS. The molecule has 0 aliphatic rings. The molecule has 14 heavy (non-hydrogen) atoms. The van der Waals surface area contributed by atoms with Gasteiger partial charge in [0.25, 0.3) is 0 Å². The molecular weight excluding hydrogens is 199 g/mol. The molecule has 78 valence electrons. The molecule has 1 aromatic rings. The number of thiol groups is 1. The van der Waals surface area contributed by atoms with E-state index in [-0.39, 0.29) is 11.2 Å². The summed E-state index contributed by atoms with van der Waals surface area (Å²) in [7, 11) is 0. The Morgan fingerprint density at radius 2 is 1.86 bits per heavy atom. The maximum atomic E-state index is 12.6.